The summed E-state index contributed by atoms with van der Waals surface area (Å²) in [7, 11) is 0. The monoisotopic (exact) mass is 242 g/mol. The maximum atomic E-state index is 11.5. The van der Waals surface area contributed by atoms with Crippen LogP contribution in [0.25, 0.3) is 0 Å². The van der Waals surface area contributed by atoms with Crippen molar-refractivity contribution in [3.05, 3.63) is 0 Å². The molecule has 0 saturated heterocycles. The number of hydrogen-bond acceptors (Lipinski definition) is 2. The molecule has 0 unspecified atom stereocenters. The van der Waals surface area contributed by atoms with Crippen LogP contribution < -0.4 is 10.6 Å². The van der Waals surface area contributed by atoms with Gasteiger partial charge in [0.05, 0.1) is 0 Å². The molecule has 17 heavy (non-hydrogen) atoms. The summed E-state index contributed by atoms with van der Waals surface area (Å²) in [6, 6.07) is -0.103. The van der Waals surface area contributed by atoms with Gasteiger partial charge in [-0.05, 0) is 37.0 Å². The number of amides is 2. The third-order valence-electron chi connectivity index (χ3n) is 3.50. The van der Waals surface area contributed by atoms with Gasteiger partial charge in [0.15, 0.2) is 0 Å². The zero-order valence-corrected chi connectivity index (χ0v) is 11.1. The van der Waals surface area contributed by atoms with Gasteiger partial charge in [-0.2, -0.15) is 0 Å². The van der Waals surface area contributed by atoms with E-state index < -0.39 is 0 Å². The fraction of sp³-hybridized carbons (Fsp3) is 0.923. The van der Waals surface area contributed by atoms with E-state index in [1.807, 2.05) is 0 Å². The van der Waals surface area contributed by atoms with Crippen molar-refractivity contribution in [2.24, 2.45) is 11.3 Å². The minimum absolute atomic E-state index is 0.103. The Hall–Kier alpha value is -0.770. The lowest BCUT2D eigenvalue weighted by atomic mass is 9.64. The number of hydrogen-bond donors (Lipinski definition) is 3. The number of rotatable bonds is 7. The first-order chi connectivity index (χ1) is 8.08. The zero-order chi connectivity index (χ0) is 12.7. The van der Waals surface area contributed by atoms with Crippen molar-refractivity contribution in [2.75, 3.05) is 19.7 Å². The summed E-state index contributed by atoms with van der Waals surface area (Å²) >= 11 is 0. The topological polar surface area (TPSA) is 61.4 Å². The average Bonchev–Trinajstić information content (AvgIpc) is 2.22. The van der Waals surface area contributed by atoms with Crippen molar-refractivity contribution in [2.45, 2.75) is 46.0 Å². The predicted molar refractivity (Wildman–Crippen MR) is 68.8 cm³/mol. The van der Waals surface area contributed by atoms with Crippen LogP contribution in [-0.4, -0.2) is 30.8 Å². The number of nitrogens with one attached hydrogen (secondary N) is 2. The van der Waals surface area contributed by atoms with Crippen LogP contribution in [0.5, 0.6) is 0 Å². The molecule has 0 spiro atoms. The lowest BCUT2D eigenvalue weighted by Gasteiger charge is -2.43. The van der Waals surface area contributed by atoms with E-state index in [1.165, 1.54) is 25.7 Å². The van der Waals surface area contributed by atoms with Gasteiger partial charge in [-0.25, -0.2) is 4.79 Å². The lowest BCUT2D eigenvalue weighted by Crippen LogP contribution is -2.46. The normalized spacial score (nSPS) is 17.6. The smallest absolute Gasteiger partial charge is 0.314 e. The summed E-state index contributed by atoms with van der Waals surface area (Å²) in [5.74, 6) is 0.689. The highest BCUT2D eigenvalue weighted by Gasteiger charge is 2.37. The summed E-state index contributed by atoms with van der Waals surface area (Å²) in [6.45, 7) is 5.93. The summed E-state index contributed by atoms with van der Waals surface area (Å²) in [4.78, 5) is 11.5. The van der Waals surface area contributed by atoms with Crippen molar-refractivity contribution in [3.63, 3.8) is 0 Å². The first-order valence-electron chi connectivity index (χ1n) is 6.70. The van der Waals surface area contributed by atoms with Crippen LogP contribution in [0.4, 0.5) is 4.79 Å². The van der Waals surface area contributed by atoms with Gasteiger partial charge >= 0.3 is 6.03 Å². The molecule has 0 aliphatic heterocycles. The second-order valence-electron chi connectivity index (χ2n) is 5.64. The third kappa shape index (κ3) is 4.94. The Labute approximate surface area is 104 Å². The second-order valence-corrected chi connectivity index (χ2v) is 5.64. The van der Waals surface area contributed by atoms with Crippen molar-refractivity contribution >= 4 is 6.03 Å². The molecule has 3 N–H and O–H groups in total. The van der Waals surface area contributed by atoms with Crippen LogP contribution in [0.3, 0.4) is 0 Å². The Morgan fingerprint density at radius 3 is 2.53 bits per heavy atom. The molecule has 0 radical (unpaired) electrons. The SMILES string of the molecule is CC(C)CC1(CNC(=O)NCCCO)CCC1. The largest absolute Gasteiger partial charge is 0.396 e. The highest BCUT2D eigenvalue weighted by atomic mass is 16.3. The molecule has 1 rings (SSSR count). The van der Waals surface area contributed by atoms with E-state index in [4.69, 9.17) is 5.11 Å². The quantitative estimate of drug-likeness (QED) is 0.597. The van der Waals surface area contributed by atoms with Gasteiger partial charge in [-0.3, -0.25) is 0 Å². The Morgan fingerprint density at radius 1 is 1.35 bits per heavy atom. The van der Waals surface area contributed by atoms with Gasteiger partial charge in [0.25, 0.3) is 0 Å². The van der Waals surface area contributed by atoms with E-state index in [0.29, 0.717) is 24.3 Å². The summed E-state index contributed by atoms with van der Waals surface area (Å²) in [5, 5.41) is 14.3. The molecule has 0 aromatic heterocycles. The van der Waals surface area contributed by atoms with Gasteiger partial charge < -0.3 is 15.7 Å². The molecule has 0 aromatic carbocycles. The molecule has 0 aromatic rings. The van der Waals surface area contributed by atoms with Crippen LogP contribution in [0.15, 0.2) is 0 Å². The second kappa shape index (κ2) is 6.84. The highest BCUT2D eigenvalue weighted by Crippen LogP contribution is 2.45. The molecule has 1 fully saturated rings. The van der Waals surface area contributed by atoms with E-state index >= 15 is 0 Å². The fourth-order valence-corrected chi connectivity index (χ4v) is 2.61. The Bertz CT molecular complexity index is 238. The fourth-order valence-electron chi connectivity index (χ4n) is 2.61. The molecule has 2 amide bonds. The molecule has 1 aliphatic carbocycles. The van der Waals surface area contributed by atoms with Crippen LogP contribution in [0.1, 0.15) is 46.0 Å². The van der Waals surface area contributed by atoms with E-state index in [0.717, 1.165) is 6.54 Å². The number of carbonyl (C=O) groups is 1. The predicted octanol–water partition coefficient (Wildman–Crippen LogP) is 1.88. The Kier molecular flexibility index (Phi) is 5.75. The van der Waals surface area contributed by atoms with E-state index in [2.05, 4.69) is 24.5 Å². The van der Waals surface area contributed by atoms with Crippen LogP contribution in [-0.2, 0) is 0 Å². The van der Waals surface area contributed by atoms with Crippen LogP contribution in [0.2, 0.25) is 0 Å². The van der Waals surface area contributed by atoms with Crippen molar-refractivity contribution in [3.8, 4) is 0 Å². The molecule has 1 aliphatic rings. The zero-order valence-electron chi connectivity index (χ0n) is 11.1. The minimum atomic E-state index is -0.103. The third-order valence-corrected chi connectivity index (χ3v) is 3.50. The molecule has 0 bridgehead atoms. The van der Waals surface area contributed by atoms with Gasteiger partial charge in [0.1, 0.15) is 0 Å². The van der Waals surface area contributed by atoms with E-state index in [-0.39, 0.29) is 12.6 Å². The molecule has 4 nitrogen and oxygen atoms in total. The van der Waals surface area contributed by atoms with Gasteiger partial charge in [0, 0.05) is 19.7 Å². The lowest BCUT2D eigenvalue weighted by molar-refractivity contribution is 0.101. The first-order valence-corrected chi connectivity index (χ1v) is 6.70. The standard InChI is InChI=1S/C13H26N2O2/c1-11(2)9-13(5-3-6-13)10-15-12(17)14-7-4-8-16/h11,16H,3-10H2,1-2H3,(H2,14,15,17). The molecule has 4 heteroatoms. The summed E-state index contributed by atoms with van der Waals surface area (Å²) in [5.41, 5.74) is 0.350. The van der Waals surface area contributed by atoms with Crippen molar-refractivity contribution < 1.29 is 9.90 Å². The van der Waals surface area contributed by atoms with Crippen LogP contribution >= 0.6 is 0 Å². The highest BCUT2D eigenvalue weighted by molar-refractivity contribution is 5.73. The summed E-state index contributed by atoms with van der Waals surface area (Å²) in [6.07, 6.45) is 5.58. The van der Waals surface area contributed by atoms with Crippen molar-refractivity contribution in [1.82, 2.24) is 10.6 Å². The molecule has 0 heterocycles. The Balaban J connectivity index is 2.21. The van der Waals surface area contributed by atoms with Gasteiger partial charge in [-0.1, -0.05) is 20.3 Å². The minimum Gasteiger partial charge on any atom is -0.396 e. The van der Waals surface area contributed by atoms with E-state index in [9.17, 15) is 4.79 Å². The maximum Gasteiger partial charge on any atom is 0.314 e. The average molecular weight is 242 g/mol. The number of aliphatic hydroxyl groups is 1. The maximum absolute atomic E-state index is 11.5. The first kappa shape index (κ1) is 14.3. The number of aliphatic hydroxyl groups excluding tert-OH is 1. The molecular weight excluding hydrogens is 216 g/mol. The van der Waals surface area contributed by atoms with E-state index in [1.54, 1.807) is 0 Å². The Morgan fingerprint density at radius 2 is 2.06 bits per heavy atom. The van der Waals surface area contributed by atoms with Gasteiger partial charge in [-0.15, -0.1) is 0 Å². The molecule has 1 saturated carbocycles. The van der Waals surface area contributed by atoms with Crippen molar-refractivity contribution in [1.29, 1.82) is 0 Å². The van der Waals surface area contributed by atoms with Crippen LogP contribution in [0, 0.1) is 11.3 Å². The molecular formula is C13H26N2O2. The molecule has 0 atom stereocenters. The number of carbonyl (C=O) groups excluding carboxylic acids is 1. The summed E-state index contributed by atoms with van der Waals surface area (Å²) < 4.78 is 0. The number of urea groups is 1. The molecule has 100 valence electrons. The van der Waals surface area contributed by atoms with Gasteiger partial charge in [0.2, 0.25) is 0 Å².